The second-order valence-electron chi connectivity index (χ2n) is 3.90. The zero-order chi connectivity index (χ0) is 11.1. The first-order valence-electron chi connectivity index (χ1n) is 4.76. The molecule has 1 saturated carbocycles. The second kappa shape index (κ2) is 3.54. The fraction of sp³-hybridized carbons (Fsp3) is 0.455. The van der Waals surface area contributed by atoms with Crippen LogP contribution in [0.3, 0.4) is 0 Å². The van der Waals surface area contributed by atoms with Gasteiger partial charge in [-0.15, -0.1) is 0 Å². The van der Waals surface area contributed by atoms with Gasteiger partial charge >= 0.3 is 0 Å². The Morgan fingerprint density at radius 2 is 2.07 bits per heavy atom. The molecule has 0 spiro atoms. The highest BCUT2D eigenvalue weighted by Gasteiger charge is 2.44. The predicted octanol–water partition coefficient (Wildman–Crippen LogP) is 2.09. The van der Waals surface area contributed by atoms with Crippen molar-refractivity contribution in [2.24, 2.45) is 0 Å². The number of hydrogen-bond acceptors (Lipinski definition) is 2. The average Bonchev–Trinajstić information content (AvgIpc) is 2.91. The fourth-order valence-corrected chi connectivity index (χ4v) is 1.62. The maximum Gasteiger partial charge on any atom is 0.164 e. The van der Waals surface area contributed by atoms with Crippen LogP contribution in [0.2, 0.25) is 0 Å². The summed E-state index contributed by atoms with van der Waals surface area (Å²) in [5.41, 5.74) is -0.574. The van der Waals surface area contributed by atoms with Crippen molar-refractivity contribution in [3.63, 3.8) is 0 Å². The van der Waals surface area contributed by atoms with Crippen LogP contribution in [0.25, 0.3) is 0 Å². The lowest BCUT2D eigenvalue weighted by atomic mass is 10.0. The van der Waals surface area contributed by atoms with Gasteiger partial charge in [0, 0.05) is 12.7 Å². The lowest BCUT2D eigenvalue weighted by Crippen LogP contribution is -2.10. The molecular weight excluding hydrogens is 202 g/mol. The zero-order valence-electron chi connectivity index (χ0n) is 8.39. The van der Waals surface area contributed by atoms with Gasteiger partial charge < -0.3 is 9.84 Å². The van der Waals surface area contributed by atoms with E-state index < -0.39 is 17.2 Å². The number of hydrogen-bond donors (Lipinski definition) is 1. The van der Waals surface area contributed by atoms with Gasteiger partial charge in [-0.25, -0.2) is 8.78 Å². The van der Waals surface area contributed by atoms with Crippen molar-refractivity contribution < 1.29 is 18.6 Å². The predicted molar refractivity (Wildman–Crippen MR) is 50.2 cm³/mol. The molecule has 0 bridgehead atoms. The quantitative estimate of drug-likeness (QED) is 0.834. The van der Waals surface area contributed by atoms with E-state index in [2.05, 4.69) is 0 Å². The molecule has 0 radical (unpaired) electrons. The summed E-state index contributed by atoms with van der Waals surface area (Å²) in [5.74, 6) is -1.88. The van der Waals surface area contributed by atoms with Gasteiger partial charge in [-0.05, 0) is 30.5 Å². The minimum absolute atomic E-state index is 0.0505. The zero-order valence-corrected chi connectivity index (χ0v) is 8.39. The summed E-state index contributed by atoms with van der Waals surface area (Å²) >= 11 is 0. The van der Waals surface area contributed by atoms with E-state index in [0.29, 0.717) is 18.4 Å². The van der Waals surface area contributed by atoms with Crippen molar-refractivity contribution in [2.45, 2.75) is 25.0 Å². The first-order chi connectivity index (χ1) is 7.07. The molecule has 0 aromatic heterocycles. The lowest BCUT2D eigenvalue weighted by Gasteiger charge is -2.12. The average molecular weight is 214 g/mol. The van der Waals surface area contributed by atoms with Crippen LogP contribution in [0.5, 0.6) is 0 Å². The monoisotopic (exact) mass is 214 g/mol. The van der Waals surface area contributed by atoms with E-state index in [0.717, 1.165) is 6.07 Å². The summed E-state index contributed by atoms with van der Waals surface area (Å²) in [6, 6.07) is 2.56. The molecule has 0 amide bonds. The highest BCUT2D eigenvalue weighted by Crippen LogP contribution is 2.46. The number of halogens is 2. The van der Waals surface area contributed by atoms with E-state index in [4.69, 9.17) is 4.74 Å². The fourth-order valence-electron chi connectivity index (χ4n) is 1.62. The summed E-state index contributed by atoms with van der Waals surface area (Å²) < 4.78 is 31.4. The molecule has 0 saturated heterocycles. The van der Waals surface area contributed by atoms with E-state index in [1.807, 2.05) is 0 Å². The van der Waals surface area contributed by atoms with Crippen LogP contribution in [0.15, 0.2) is 12.1 Å². The van der Waals surface area contributed by atoms with E-state index in [-0.39, 0.29) is 12.2 Å². The number of ether oxygens (including phenoxy) is 1. The van der Waals surface area contributed by atoms with Crippen molar-refractivity contribution in [3.8, 4) is 0 Å². The van der Waals surface area contributed by atoms with Gasteiger partial charge in [0.2, 0.25) is 0 Å². The smallest absolute Gasteiger partial charge is 0.164 e. The third-order valence-electron chi connectivity index (χ3n) is 2.62. The standard InChI is InChI=1S/C11H12F2O2/c1-15-6-7-4-8(11(14)2-3-11)10(13)9(12)5-7/h4-5,14H,2-3,6H2,1H3. The molecule has 0 aliphatic heterocycles. The summed E-state index contributed by atoms with van der Waals surface area (Å²) in [6.45, 7) is 0.209. The van der Waals surface area contributed by atoms with Gasteiger partial charge in [0.15, 0.2) is 11.6 Å². The molecule has 4 heteroatoms. The molecule has 0 unspecified atom stereocenters. The molecule has 1 aromatic carbocycles. The molecule has 0 heterocycles. The van der Waals surface area contributed by atoms with Gasteiger partial charge in [-0.1, -0.05) is 0 Å². The molecule has 1 N–H and O–H groups in total. The number of aliphatic hydroxyl groups is 1. The summed E-state index contributed by atoms with van der Waals surface area (Å²) in [5, 5.41) is 9.75. The highest BCUT2D eigenvalue weighted by atomic mass is 19.2. The molecule has 15 heavy (non-hydrogen) atoms. The SMILES string of the molecule is COCc1cc(F)c(F)c(C2(O)CC2)c1. The first-order valence-corrected chi connectivity index (χ1v) is 4.76. The van der Waals surface area contributed by atoms with E-state index in [9.17, 15) is 13.9 Å². The van der Waals surface area contributed by atoms with E-state index >= 15 is 0 Å². The number of rotatable bonds is 3. The van der Waals surface area contributed by atoms with Gasteiger partial charge in [0.1, 0.15) is 0 Å². The molecule has 1 fully saturated rings. The molecule has 82 valence electrons. The highest BCUT2D eigenvalue weighted by molar-refractivity contribution is 5.33. The first kappa shape index (κ1) is 10.5. The third kappa shape index (κ3) is 1.87. The Kier molecular flexibility index (Phi) is 2.48. The van der Waals surface area contributed by atoms with Crippen molar-refractivity contribution in [1.82, 2.24) is 0 Å². The minimum Gasteiger partial charge on any atom is -0.385 e. The third-order valence-corrected chi connectivity index (χ3v) is 2.62. The summed E-state index contributed by atoms with van der Waals surface area (Å²) in [6.07, 6.45) is 0.972. The van der Waals surface area contributed by atoms with Crippen LogP contribution in [-0.4, -0.2) is 12.2 Å². The largest absolute Gasteiger partial charge is 0.385 e. The van der Waals surface area contributed by atoms with Gasteiger partial charge in [0.05, 0.1) is 12.2 Å². The van der Waals surface area contributed by atoms with Crippen molar-refractivity contribution in [1.29, 1.82) is 0 Å². The Labute approximate surface area is 86.5 Å². The Morgan fingerprint density at radius 3 is 2.60 bits per heavy atom. The summed E-state index contributed by atoms with van der Waals surface area (Å²) in [7, 11) is 1.48. The van der Waals surface area contributed by atoms with Crippen LogP contribution in [0.4, 0.5) is 8.78 Å². The van der Waals surface area contributed by atoms with Crippen molar-refractivity contribution in [3.05, 3.63) is 34.9 Å². The lowest BCUT2D eigenvalue weighted by molar-refractivity contribution is 0.144. The molecule has 0 atom stereocenters. The van der Waals surface area contributed by atoms with E-state index in [1.165, 1.54) is 13.2 Å². The molecule has 2 rings (SSSR count). The maximum atomic E-state index is 13.4. The van der Waals surface area contributed by atoms with Gasteiger partial charge in [-0.3, -0.25) is 0 Å². The summed E-state index contributed by atoms with van der Waals surface area (Å²) in [4.78, 5) is 0. The number of benzene rings is 1. The van der Waals surface area contributed by atoms with Crippen LogP contribution in [0.1, 0.15) is 24.0 Å². The Bertz CT molecular complexity index is 386. The maximum absolute atomic E-state index is 13.4. The van der Waals surface area contributed by atoms with Gasteiger partial charge in [-0.2, -0.15) is 0 Å². The van der Waals surface area contributed by atoms with Gasteiger partial charge in [0.25, 0.3) is 0 Å². The Balaban J connectivity index is 2.43. The van der Waals surface area contributed by atoms with Crippen LogP contribution >= 0.6 is 0 Å². The van der Waals surface area contributed by atoms with Crippen molar-refractivity contribution >= 4 is 0 Å². The Hall–Kier alpha value is -1.00. The minimum atomic E-state index is -1.16. The Morgan fingerprint density at radius 1 is 1.40 bits per heavy atom. The molecular formula is C11H12F2O2. The van der Waals surface area contributed by atoms with Crippen LogP contribution in [-0.2, 0) is 16.9 Å². The van der Waals surface area contributed by atoms with Crippen LogP contribution in [0, 0.1) is 11.6 Å². The molecule has 2 nitrogen and oxygen atoms in total. The van der Waals surface area contributed by atoms with Crippen molar-refractivity contribution in [2.75, 3.05) is 7.11 Å². The second-order valence-corrected chi connectivity index (χ2v) is 3.90. The topological polar surface area (TPSA) is 29.5 Å². The molecule has 1 aliphatic rings. The normalized spacial score (nSPS) is 17.9. The van der Waals surface area contributed by atoms with E-state index in [1.54, 1.807) is 0 Å². The molecule has 1 aromatic rings. The number of methoxy groups -OCH3 is 1. The van der Waals surface area contributed by atoms with Crippen LogP contribution < -0.4 is 0 Å². The molecule has 1 aliphatic carbocycles.